The largest absolute Gasteiger partial charge is 0.454 e. The van der Waals surface area contributed by atoms with Gasteiger partial charge in [-0.05, 0) is 54.9 Å². The molecule has 1 aliphatic heterocycles. The van der Waals surface area contributed by atoms with Gasteiger partial charge in [0.05, 0.1) is 6.26 Å². The zero-order chi connectivity index (χ0) is 13.9. The summed E-state index contributed by atoms with van der Waals surface area (Å²) in [5.74, 6) is 1.85. The molecule has 0 aromatic heterocycles. The second-order valence-corrected chi connectivity index (χ2v) is 5.29. The molecular formula is C16H18O4. The van der Waals surface area contributed by atoms with Gasteiger partial charge in [-0.25, -0.2) is 0 Å². The minimum absolute atomic E-state index is 0.261. The highest BCUT2D eigenvalue weighted by Crippen LogP contribution is 2.40. The summed E-state index contributed by atoms with van der Waals surface area (Å²) in [6.07, 6.45) is 5.84. The molecule has 1 unspecified atom stereocenters. The SMILES string of the molecule is CC(=O)OC=C1CCCC(c2ccc3c(c2)OCO3)C1. The number of carbonyl (C=O) groups is 1. The lowest BCUT2D eigenvalue weighted by Crippen LogP contribution is -2.08. The van der Waals surface area contributed by atoms with Gasteiger partial charge in [-0.3, -0.25) is 4.79 Å². The van der Waals surface area contributed by atoms with Crippen molar-refractivity contribution in [1.29, 1.82) is 0 Å². The molecule has 106 valence electrons. The molecule has 1 aromatic carbocycles. The molecule has 20 heavy (non-hydrogen) atoms. The summed E-state index contributed by atoms with van der Waals surface area (Å²) in [6.45, 7) is 1.73. The van der Waals surface area contributed by atoms with E-state index in [0.29, 0.717) is 12.7 Å². The molecule has 4 heteroatoms. The van der Waals surface area contributed by atoms with E-state index in [1.807, 2.05) is 6.07 Å². The maximum Gasteiger partial charge on any atom is 0.307 e. The first-order chi connectivity index (χ1) is 9.72. The van der Waals surface area contributed by atoms with Crippen LogP contribution in [-0.2, 0) is 9.53 Å². The molecule has 0 N–H and O–H groups in total. The lowest BCUT2D eigenvalue weighted by molar-refractivity contribution is -0.135. The lowest BCUT2D eigenvalue weighted by atomic mass is 9.81. The monoisotopic (exact) mass is 274 g/mol. The van der Waals surface area contributed by atoms with E-state index in [-0.39, 0.29) is 5.97 Å². The van der Waals surface area contributed by atoms with Crippen molar-refractivity contribution in [2.45, 2.75) is 38.5 Å². The first kappa shape index (κ1) is 13.0. The third kappa shape index (κ3) is 2.79. The van der Waals surface area contributed by atoms with Gasteiger partial charge >= 0.3 is 5.97 Å². The summed E-state index contributed by atoms with van der Waals surface area (Å²) in [6, 6.07) is 6.15. The van der Waals surface area contributed by atoms with E-state index in [4.69, 9.17) is 14.2 Å². The van der Waals surface area contributed by atoms with Crippen molar-refractivity contribution in [2.24, 2.45) is 0 Å². The molecule has 0 bridgehead atoms. The van der Waals surface area contributed by atoms with Crippen molar-refractivity contribution in [1.82, 2.24) is 0 Å². The van der Waals surface area contributed by atoms with Crippen LogP contribution in [0.2, 0.25) is 0 Å². The Balaban J connectivity index is 1.73. The minimum atomic E-state index is -0.261. The minimum Gasteiger partial charge on any atom is -0.454 e. The fourth-order valence-electron chi connectivity index (χ4n) is 2.82. The summed E-state index contributed by atoms with van der Waals surface area (Å²) >= 11 is 0. The smallest absolute Gasteiger partial charge is 0.307 e. The predicted octanol–water partition coefficient (Wildman–Crippen LogP) is 3.52. The van der Waals surface area contributed by atoms with Gasteiger partial charge < -0.3 is 14.2 Å². The van der Waals surface area contributed by atoms with Crippen LogP contribution in [-0.4, -0.2) is 12.8 Å². The summed E-state index contributed by atoms with van der Waals surface area (Å²) in [5.41, 5.74) is 2.47. The molecule has 1 atom stereocenters. The van der Waals surface area contributed by atoms with Gasteiger partial charge in [0.2, 0.25) is 6.79 Å². The maximum atomic E-state index is 10.9. The Morgan fingerprint density at radius 3 is 3.05 bits per heavy atom. The van der Waals surface area contributed by atoms with Gasteiger partial charge in [0.25, 0.3) is 0 Å². The second kappa shape index (κ2) is 5.57. The highest BCUT2D eigenvalue weighted by molar-refractivity contribution is 5.66. The van der Waals surface area contributed by atoms with Crippen LogP contribution in [0.1, 0.15) is 44.1 Å². The zero-order valence-corrected chi connectivity index (χ0v) is 11.6. The summed E-state index contributed by atoms with van der Waals surface area (Å²) in [7, 11) is 0. The quantitative estimate of drug-likeness (QED) is 0.611. The number of allylic oxidation sites excluding steroid dienone is 1. The number of benzene rings is 1. The fraction of sp³-hybridized carbons (Fsp3) is 0.438. The average Bonchev–Trinajstić information content (AvgIpc) is 2.93. The molecule has 1 heterocycles. The van der Waals surface area contributed by atoms with Crippen molar-refractivity contribution in [3.05, 3.63) is 35.6 Å². The first-order valence-electron chi connectivity index (χ1n) is 6.97. The highest BCUT2D eigenvalue weighted by Gasteiger charge is 2.22. The number of rotatable bonds is 2. The predicted molar refractivity (Wildman–Crippen MR) is 73.6 cm³/mol. The number of hydrogen-bond donors (Lipinski definition) is 0. The Morgan fingerprint density at radius 2 is 2.20 bits per heavy atom. The number of esters is 1. The highest BCUT2D eigenvalue weighted by atomic mass is 16.7. The molecule has 1 aromatic rings. The molecule has 0 saturated heterocycles. The van der Waals surface area contributed by atoms with Crippen LogP contribution in [0.25, 0.3) is 0 Å². The van der Waals surface area contributed by atoms with Crippen molar-refractivity contribution in [2.75, 3.05) is 6.79 Å². The van der Waals surface area contributed by atoms with E-state index in [1.54, 1.807) is 6.26 Å². The van der Waals surface area contributed by atoms with Crippen LogP contribution in [0.3, 0.4) is 0 Å². The van der Waals surface area contributed by atoms with Crippen LogP contribution in [0, 0.1) is 0 Å². The summed E-state index contributed by atoms with van der Waals surface area (Å²) in [5, 5.41) is 0. The summed E-state index contributed by atoms with van der Waals surface area (Å²) < 4.78 is 15.8. The number of ether oxygens (including phenoxy) is 3. The van der Waals surface area contributed by atoms with Gasteiger partial charge in [-0.15, -0.1) is 0 Å². The topological polar surface area (TPSA) is 44.8 Å². The van der Waals surface area contributed by atoms with Crippen molar-refractivity contribution < 1.29 is 19.0 Å². The van der Waals surface area contributed by atoms with E-state index < -0.39 is 0 Å². The van der Waals surface area contributed by atoms with E-state index in [0.717, 1.165) is 37.2 Å². The van der Waals surface area contributed by atoms with Gasteiger partial charge in [0.15, 0.2) is 11.5 Å². The van der Waals surface area contributed by atoms with Gasteiger partial charge in [0, 0.05) is 6.92 Å². The van der Waals surface area contributed by atoms with Gasteiger partial charge in [0.1, 0.15) is 0 Å². The normalized spacial score (nSPS) is 22.9. The van der Waals surface area contributed by atoms with E-state index >= 15 is 0 Å². The first-order valence-corrected chi connectivity index (χ1v) is 6.97. The maximum absolute atomic E-state index is 10.9. The average molecular weight is 274 g/mol. The molecule has 0 amide bonds. The fourth-order valence-corrected chi connectivity index (χ4v) is 2.82. The van der Waals surface area contributed by atoms with Crippen LogP contribution >= 0.6 is 0 Å². The number of hydrogen-bond acceptors (Lipinski definition) is 4. The molecule has 1 saturated carbocycles. The van der Waals surface area contributed by atoms with Gasteiger partial charge in [-0.1, -0.05) is 6.07 Å². The van der Waals surface area contributed by atoms with Crippen LogP contribution in [0.15, 0.2) is 30.0 Å². The molecule has 1 fully saturated rings. The molecule has 4 nitrogen and oxygen atoms in total. The van der Waals surface area contributed by atoms with E-state index in [9.17, 15) is 4.79 Å². The van der Waals surface area contributed by atoms with Crippen molar-refractivity contribution in [3.8, 4) is 11.5 Å². The Kier molecular flexibility index (Phi) is 3.63. The molecule has 0 spiro atoms. The Hall–Kier alpha value is -1.97. The Labute approximate surface area is 118 Å². The zero-order valence-electron chi connectivity index (χ0n) is 11.6. The molecule has 0 radical (unpaired) electrons. The standard InChI is InChI=1S/C16H18O4/c1-11(17)18-9-12-3-2-4-13(7-12)14-5-6-15-16(8-14)20-10-19-15/h5-6,8-9,13H,2-4,7,10H2,1H3. The van der Waals surface area contributed by atoms with E-state index in [1.165, 1.54) is 18.1 Å². The molecule has 3 rings (SSSR count). The molecular weight excluding hydrogens is 256 g/mol. The van der Waals surface area contributed by atoms with E-state index in [2.05, 4.69) is 12.1 Å². The third-order valence-electron chi connectivity index (χ3n) is 3.82. The summed E-state index contributed by atoms with van der Waals surface area (Å²) in [4.78, 5) is 10.9. The molecule has 1 aliphatic carbocycles. The Bertz CT molecular complexity index is 547. The number of fused-ring (bicyclic) bond motifs is 1. The Morgan fingerprint density at radius 1 is 1.35 bits per heavy atom. The molecule has 2 aliphatic rings. The number of carbonyl (C=O) groups excluding carboxylic acids is 1. The van der Waals surface area contributed by atoms with Crippen LogP contribution in [0.4, 0.5) is 0 Å². The third-order valence-corrected chi connectivity index (χ3v) is 3.82. The van der Waals surface area contributed by atoms with Crippen molar-refractivity contribution >= 4 is 5.97 Å². The van der Waals surface area contributed by atoms with Crippen LogP contribution in [0.5, 0.6) is 11.5 Å². The van der Waals surface area contributed by atoms with Crippen LogP contribution < -0.4 is 9.47 Å². The van der Waals surface area contributed by atoms with Gasteiger partial charge in [-0.2, -0.15) is 0 Å². The van der Waals surface area contributed by atoms with Crippen molar-refractivity contribution in [3.63, 3.8) is 0 Å². The second-order valence-electron chi connectivity index (χ2n) is 5.29. The lowest BCUT2D eigenvalue weighted by Gasteiger charge is -2.24.